The quantitative estimate of drug-likeness (QED) is 0.535. The summed E-state index contributed by atoms with van der Waals surface area (Å²) in [4.78, 5) is 12.6. The van der Waals surface area contributed by atoms with E-state index in [9.17, 15) is 18.0 Å². The third kappa shape index (κ3) is 4.12. The lowest BCUT2D eigenvalue weighted by Crippen LogP contribution is -2.15. The number of carbonyl (C=O) groups is 1. The van der Waals surface area contributed by atoms with E-state index in [0.717, 1.165) is 27.7 Å². The summed E-state index contributed by atoms with van der Waals surface area (Å²) in [7, 11) is 2.84. The SMILES string of the molecule is COC[C@H](C)n1c(C)cc(C(=O)CSc2nnc(C(F)(F)F)n2C)c1C. The summed E-state index contributed by atoms with van der Waals surface area (Å²) in [5.41, 5.74) is 2.29. The third-order valence-corrected chi connectivity index (χ3v) is 5.07. The van der Waals surface area contributed by atoms with Crippen molar-refractivity contribution >= 4 is 17.5 Å². The molecule has 2 aromatic heterocycles. The minimum atomic E-state index is -4.58. The molecule has 0 radical (unpaired) electrons. The maximum atomic E-state index is 12.8. The maximum Gasteiger partial charge on any atom is 0.451 e. The lowest BCUT2D eigenvalue weighted by molar-refractivity contribution is -0.147. The molecule has 0 spiro atoms. The Kier molecular flexibility index (Phi) is 6.17. The van der Waals surface area contributed by atoms with Gasteiger partial charge in [-0.3, -0.25) is 4.79 Å². The van der Waals surface area contributed by atoms with Gasteiger partial charge in [-0.25, -0.2) is 0 Å². The largest absolute Gasteiger partial charge is 0.451 e. The van der Waals surface area contributed by atoms with Crippen LogP contribution in [0.25, 0.3) is 0 Å². The minimum Gasteiger partial charge on any atom is -0.383 e. The number of thioether (sulfide) groups is 1. The fourth-order valence-electron chi connectivity index (χ4n) is 2.95. The molecule has 10 heteroatoms. The number of carbonyl (C=O) groups excluding carboxylic acids is 1. The summed E-state index contributed by atoms with van der Waals surface area (Å²) in [5, 5.41) is 6.73. The number of aromatic nitrogens is 4. The number of hydrogen-bond donors (Lipinski definition) is 0. The second-order valence-electron chi connectivity index (χ2n) is 6.03. The van der Waals surface area contributed by atoms with Crippen LogP contribution in [0.5, 0.6) is 0 Å². The molecule has 0 aromatic carbocycles. The van der Waals surface area contributed by atoms with Gasteiger partial charge >= 0.3 is 6.18 Å². The van der Waals surface area contributed by atoms with E-state index < -0.39 is 12.0 Å². The highest BCUT2D eigenvalue weighted by molar-refractivity contribution is 7.99. The van der Waals surface area contributed by atoms with E-state index in [-0.39, 0.29) is 22.7 Å². The van der Waals surface area contributed by atoms with Crippen LogP contribution in [0.1, 0.15) is 40.5 Å². The van der Waals surface area contributed by atoms with Gasteiger partial charge in [-0.05, 0) is 26.8 Å². The first-order valence-corrected chi connectivity index (χ1v) is 8.86. The van der Waals surface area contributed by atoms with E-state index in [4.69, 9.17) is 4.74 Å². The van der Waals surface area contributed by atoms with Crippen molar-refractivity contribution in [2.24, 2.45) is 7.05 Å². The van der Waals surface area contributed by atoms with E-state index in [1.165, 1.54) is 7.05 Å². The zero-order valence-corrected chi connectivity index (χ0v) is 16.0. The number of rotatable bonds is 7. The Morgan fingerprint density at radius 3 is 2.54 bits per heavy atom. The Hall–Kier alpha value is -1.81. The van der Waals surface area contributed by atoms with E-state index >= 15 is 0 Å². The van der Waals surface area contributed by atoms with Crippen LogP contribution in [-0.2, 0) is 18.0 Å². The van der Waals surface area contributed by atoms with Crippen LogP contribution >= 0.6 is 11.8 Å². The molecule has 1 atom stereocenters. The highest BCUT2D eigenvalue weighted by Gasteiger charge is 2.37. The molecule has 0 aliphatic rings. The predicted molar refractivity (Wildman–Crippen MR) is 91.6 cm³/mol. The van der Waals surface area contributed by atoms with Crippen molar-refractivity contribution in [2.75, 3.05) is 19.5 Å². The molecule has 6 nitrogen and oxygen atoms in total. The number of alkyl halides is 3. The Balaban J connectivity index is 2.15. The molecule has 144 valence electrons. The molecule has 0 bridgehead atoms. The van der Waals surface area contributed by atoms with Gasteiger partial charge in [-0.2, -0.15) is 13.2 Å². The average molecular weight is 390 g/mol. The van der Waals surface area contributed by atoms with Gasteiger partial charge < -0.3 is 13.9 Å². The molecule has 0 aliphatic heterocycles. The topological polar surface area (TPSA) is 61.9 Å². The number of methoxy groups -OCH3 is 1. The van der Waals surface area contributed by atoms with Crippen LogP contribution in [-0.4, -0.2) is 44.6 Å². The second kappa shape index (κ2) is 7.83. The number of ether oxygens (including phenoxy) is 1. The fraction of sp³-hybridized carbons (Fsp3) is 0.562. The fourth-order valence-corrected chi connectivity index (χ4v) is 3.74. The van der Waals surface area contributed by atoms with Crippen molar-refractivity contribution in [2.45, 2.75) is 38.1 Å². The molecule has 0 saturated heterocycles. The van der Waals surface area contributed by atoms with Crippen LogP contribution in [0.4, 0.5) is 13.2 Å². The first kappa shape index (κ1) is 20.5. The molecule has 0 unspecified atom stereocenters. The summed E-state index contributed by atoms with van der Waals surface area (Å²) in [6.45, 7) is 6.26. The highest BCUT2D eigenvalue weighted by Crippen LogP contribution is 2.30. The van der Waals surface area contributed by atoms with Crippen molar-refractivity contribution in [1.82, 2.24) is 19.3 Å². The minimum absolute atomic E-state index is 0.0210. The molecule has 0 amide bonds. The lowest BCUT2D eigenvalue weighted by atomic mass is 10.2. The summed E-state index contributed by atoms with van der Waals surface area (Å²) >= 11 is 0.935. The summed E-state index contributed by atoms with van der Waals surface area (Å²) in [6.07, 6.45) is -4.58. The number of ketones is 1. The molecule has 2 rings (SSSR count). The van der Waals surface area contributed by atoms with Gasteiger partial charge in [-0.1, -0.05) is 11.8 Å². The van der Waals surface area contributed by atoms with E-state index in [0.29, 0.717) is 12.2 Å². The molecule has 2 aromatic rings. The summed E-state index contributed by atoms with van der Waals surface area (Å²) < 4.78 is 46.3. The zero-order valence-electron chi connectivity index (χ0n) is 15.2. The Bertz CT molecular complexity index is 798. The van der Waals surface area contributed by atoms with E-state index in [1.807, 2.05) is 25.3 Å². The third-order valence-electron chi connectivity index (χ3n) is 4.05. The zero-order chi connectivity index (χ0) is 19.6. The normalized spacial score (nSPS) is 13.2. The van der Waals surface area contributed by atoms with Gasteiger partial charge in [-0.15, -0.1) is 10.2 Å². The van der Waals surface area contributed by atoms with Gasteiger partial charge in [0.05, 0.1) is 18.4 Å². The van der Waals surface area contributed by atoms with Crippen molar-refractivity contribution in [3.05, 3.63) is 28.8 Å². The molecular weight excluding hydrogens is 369 g/mol. The van der Waals surface area contributed by atoms with Crippen molar-refractivity contribution in [3.8, 4) is 0 Å². The van der Waals surface area contributed by atoms with Gasteiger partial charge in [0.25, 0.3) is 0 Å². The number of halogens is 3. The van der Waals surface area contributed by atoms with Crippen LogP contribution in [0.3, 0.4) is 0 Å². The first-order valence-electron chi connectivity index (χ1n) is 7.87. The van der Waals surface area contributed by atoms with Gasteiger partial charge in [0, 0.05) is 31.1 Å². The van der Waals surface area contributed by atoms with Crippen LogP contribution < -0.4 is 0 Å². The number of nitrogens with zero attached hydrogens (tertiary/aromatic N) is 4. The molecule has 2 heterocycles. The molecule has 0 fully saturated rings. The van der Waals surface area contributed by atoms with Gasteiger partial charge in [0.15, 0.2) is 10.9 Å². The van der Waals surface area contributed by atoms with Crippen molar-refractivity contribution < 1.29 is 22.7 Å². The Labute approximate surface area is 153 Å². The predicted octanol–water partition coefficient (Wildman–Crippen LogP) is 3.43. The first-order chi connectivity index (χ1) is 12.1. The monoisotopic (exact) mass is 390 g/mol. The number of aryl methyl sites for hydroxylation is 1. The highest BCUT2D eigenvalue weighted by atomic mass is 32.2. The Morgan fingerprint density at radius 2 is 2.00 bits per heavy atom. The van der Waals surface area contributed by atoms with Crippen LogP contribution in [0, 0.1) is 13.8 Å². The van der Waals surface area contributed by atoms with E-state index in [1.54, 1.807) is 13.2 Å². The van der Waals surface area contributed by atoms with Crippen LogP contribution in [0.15, 0.2) is 11.2 Å². The van der Waals surface area contributed by atoms with Crippen molar-refractivity contribution in [1.29, 1.82) is 0 Å². The van der Waals surface area contributed by atoms with Gasteiger partial charge in [0.2, 0.25) is 5.82 Å². The summed E-state index contributed by atoms with van der Waals surface area (Å²) in [6, 6.07) is 1.87. The van der Waals surface area contributed by atoms with E-state index in [2.05, 4.69) is 10.2 Å². The number of Topliss-reactive ketones (excluding diaryl/α,β-unsaturated/α-hetero) is 1. The maximum absolute atomic E-state index is 12.8. The molecule has 26 heavy (non-hydrogen) atoms. The second-order valence-corrected chi connectivity index (χ2v) is 6.98. The van der Waals surface area contributed by atoms with Gasteiger partial charge in [0.1, 0.15) is 0 Å². The van der Waals surface area contributed by atoms with Crippen LogP contribution in [0.2, 0.25) is 0 Å². The average Bonchev–Trinajstić information content (AvgIpc) is 3.05. The lowest BCUT2D eigenvalue weighted by Gasteiger charge is -2.17. The molecule has 0 saturated carbocycles. The standard InChI is InChI=1S/C16H21F3N4O2S/c1-9-6-12(11(3)23(9)10(2)7-25-5)13(24)8-26-15-21-20-14(22(15)4)16(17,18)19/h6,10H,7-8H2,1-5H3/t10-/m0/s1. The molecule has 0 N–H and O–H groups in total. The Morgan fingerprint density at radius 1 is 1.35 bits per heavy atom. The summed E-state index contributed by atoms with van der Waals surface area (Å²) in [5.74, 6) is -1.28. The molecular formula is C16H21F3N4O2S. The smallest absolute Gasteiger partial charge is 0.383 e. The number of hydrogen-bond acceptors (Lipinski definition) is 5. The van der Waals surface area contributed by atoms with Crippen molar-refractivity contribution in [3.63, 3.8) is 0 Å². The molecule has 0 aliphatic carbocycles.